The van der Waals surface area contributed by atoms with E-state index < -0.39 is 0 Å². The van der Waals surface area contributed by atoms with Crippen molar-refractivity contribution >= 4 is 28.4 Å². The first-order valence-corrected chi connectivity index (χ1v) is 5.17. The van der Waals surface area contributed by atoms with Crippen LogP contribution in [0.15, 0.2) is 43.1 Å². The van der Waals surface area contributed by atoms with Crippen LogP contribution in [0, 0.1) is 0 Å². The van der Waals surface area contributed by atoms with E-state index in [-0.39, 0.29) is 11.8 Å². The average Bonchev–Trinajstić information content (AvgIpc) is 2.70. The number of benzene rings is 1. The van der Waals surface area contributed by atoms with Gasteiger partial charge < -0.3 is 5.32 Å². The number of allylic oxidation sites excluding steroid dienone is 1. The quantitative estimate of drug-likeness (QED) is 0.802. The fourth-order valence-electron chi connectivity index (χ4n) is 1.71. The minimum Gasteiger partial charge on any atom is -0.326 e. The first kappa shape index (κ1) is 11.1. The molecule has 1 heterocycles. The van der Waals surface area contributed by atoms with E-state index in [1.54, 1.807) is 18.3 Å². The number of hydrogen-bond acceptors (Lipinski definition) is 2. The predicted octanol–water partition coefficient (Wildman–Crippen LogP) is 2.43. The van der Waals surface area contributed by atoms with E-state index in [0.717, 1.165) is 10.9 Å². The van der Waals surface area contributed by atoms with Crippen molar-refractivity contribution in [1.82, 2.24) is 4.57 Å². The lowest BCUT2D eigenvalue weighted by Gasteiger charge is -2.03. The van der Waals surface area contributed by atoms with Crippen LogP contribution in [0.3, 0.4) is 0 Å². The Hall–Kier alpha value is -2.36. The van der Waals surface area contributed by atoms with Gasteiger partial charge in [0.1, 0.15) is 0 Å². The van der Waals surface area contributed by atoms with Crippen molar-refractivity contribution in [1.29, 1.82) is 0 Å². The number of carbonyl (C=O) groups excluding carboxylic acids is 2. The highest BCUT2D eigenvalue weighted by Crippen LogP contribution is 2.20. The van der Waals surface area contributed by atoms with E-state index in [1.165, 1.54) is 17.6 Å². The molecule has 0 aliphatic rings. The van der Waals surface area contributed by atoms with Crippen LogP contribution in [-0.4, -0.2) is 16.4 Å². The average molecular weight is 228 g/mol. The van der Waals surface area contributed by atoms with E-state index >= 15 is 0 Å². The van der Waals surface area contributed by atoms with Crippen LogP contribution in [0.25, 0.3) is 10.9 Å². The molecule has 4 nitrogen and oxygen atoms in total. The van der Waals surface area contributed by atoms with Gasteiger partial charge in [0, 0.05) is 24.2 Å². The molecule has 0 aliphatic carbocycles. The number of hydrogen-bond donors (Lipinski definition) is 1. The third kappa shape index (κ3) is 2.10. The second kappa shape index (κ2) is 4.25. The molecule has 0 atom stereocenters. The van der Waals surface area contributed by atoms with E-state index in [2.05, 4.69) is 11.9 Å². The first-order chi connectivity index (χ1) is 8.11. The van der Waals surface area contributed by atoms with Crippen LogP contribution in [0.4, 0.5) is 5.69 Å². The van der Waals surface area contributed by atoms with Gasteiger partial charge in [0.15, 0.2) is 0 Å². The summed E-state index contributed by atoms with van der Waals surface area (Å²) in [5.41, 5.74) is 1.51. The van der Waals surface area contributed by atoms with Crippen molar-refractivity contribution in [2.24, 2.45) is 0 Å². The topological polar surface area (TPSA) is 51.1 Å². The highest BCUT2D eigenvalue weighted by molar-refractivity contribution is 5.99. The van der Waals surface area contributed by atoms with Gasteiger partial charge in [-0.25, -0.2) is 0 Å². The molecule has 17 heavy (non-hydrogen) atoms. The second-order valence-corrected chi connectivity index (χ2v) is 3.68. The van der Waals surface area contributed by atoms with Gasteiger partial charge in [0.05, 0.1) is 5.52 Å². The molecular weight excluding hydrogens is 216 g/mol. The number of anilines is 1. The van der Waals surface area contributed by atoms with E-state index in [0.29, 0.717) is 5.69 Å². The normalized spacial score (nSPS) is 10.2. The Morgan fingerprint density at radius 2 is 2.12 bits per heavy atom. The molecule has 1 N–H and O–H groups in total. The number of amides is 1. The Morgan fingerprint density at radius 1 is 1.35 bits per heavy atom. The largest absolute Gasteiger partial charge is 0.326 e. The van der Waals surface area contributed by atoms with Crippen molar-refractivity contribution in [3.05, 3.63) is 43.1 Å². The summed E-state index contributed by atoms with van der Waals surface area (Å²) in [7, 11) is 0. The van der Waals surface area contributed by atoms with Gasteiger partial charge in [-0.05, 0) is 30.3 Å². The van der Waals surface area contributed by atoms with Crippen molar-refractivity contribution < 1.29 is 9.59 Å². The summed E-state index contributed by atoms with van der Waals surface area (Å²) < 4.78 is 1.51. The monoisotopic (exact) mass is 228 g/mol. The summed E-state index contributed by atoms with van der Waals surface area (Å²) in [6.07, 6.45) is 2.95. The molecule has 86 valence electrons. The van der Waals surface area contributed by atoms with Gasteiger partial charge in [-0.15, -0.1) is 0 Å². The van der Waals surface area contributed by atoms with Gasteiger partial charge >= 0.3 is 0 Å². The van der Waals surface area contributed by atoms with Crippen LogP contribution in [0.2, 0.25) is 0 Å². The molecule has 0 unspecified atom stereocenters. The van der Waals surface area contributed by atoms with Gasteiger partial charge in [-0.2, -0.15) is 0 Å². The Kier molecular flexibility index (Phi) is 2.78. The molecule has 1 aromatic heterocycles. The molecule has 0 radical (unpaired) electrons. The maximum atomic E-state index is 11.5. The second-order valence-electron chi connectivity index (χ2n) is 3.68. The number of nitrogens with zero attached hydrogens (tertiary/aromatic N) is 1. The molecule has 4 heteroatoms. The smallest absolute Gasteiger partial charge is 0.254 e. The molecule has 0 fully saturated rings. The van der Waals surface area contributed by atoms with Crippen molar-refractivity contribution in [2.75, 3.05) is 5.32 Å². The Bertz CT molecular complexity index is 611. The van der Waals surface area contributed by atoms with E-state index in [1.807, 2.05) is 12.1 Å². The summed E-state index contributed by atoms with van der Waals surface area (Å²) in [5, 5.41) is 3.59. The molecule has 0 saturated carbocycles. The lowest BCUT2D eigenvalue weighted by atomic mass is 10.2. The summed E-state index contributed by atoms with van der Waals surface area (Å²) in [4.78, 5) is 22.5. The maximum absolute atomic E-state index is 11.5. The van der Waals surface area contributed by atoms with Gasteiger partial charge in [-0.3, -0.25) is 14.2 Å². The summed E-state index contributed by atoms with van der Waals surface area (Å²) in [6, 6.07) is 7.20. The molecule has 0 spiro atoms. The van der Waals surface area contributed by atoms with Crippen molar-refractivity contribution in [3.63, 3.8) is 0 Å². The maximum Gasteiger partial charge on any atom is 0.254 e. The fourth-order valence-corrected chi connectivity index (χ4v) is 1.71. The molecular formula is C13H12N2O2. The Morgan fingerprint density at radius 3 is 2.76 bits per heavy atom. The van der Waals surface area contributed by atoms with Crippen LogP contribution in [0.5, 0.6) is 0 Å². The minimum absolute atomic E-state index is 0.119. The molecule has 0 bridgehead atoms. The van der Waals surface area contributed by atoms with Crippen LogP contribution in [-0.2, 0) is 4.79 Å². The van der Waals surface area contributed by atoms with Gasteiger partial charge in [0.25, 0.3) is 5.91 Å². The summed E-state index contributed by atoms with van der Waals surface area (Å²) >= 11 is 0. The number of aromatic nitrogens is 1. The zero-order valence-electron chi connectivity index (χ0n) is 9.43. The van der Waals surface area contributed by atoms with Crippen LogP contribution in [0.1, 0.15) is 11.7 Å². The fraction of sp³-hybridized carbons (Fsp3) is 0.0769. The van der Waals surface area contributed by atoms with Crippen LogP contribution >= 0.6 is 0 Å². The molecule has 1 amide bonds. The van der Waals surface area contributed by atoms with Gasteiger partial charge in [0.2, 0.25) is 5.91 Å². The summed E-state index contributed by atoms with van der Waals surface area (Å²) in [5.74, 6) is -0.293. The molecule has 0 aliphatic heterocycles. The highest BCUT2D eigenvalue weighted by Gasteiger charge is 2.06. The molecule has 1 aromatic carbocycles. The van der Waals surface area contributed by atoms with Crippen molar-refractivity contribution in [3.8, 4) is 0 Å². The zero-order valence-corrected chi connectivity index (χ0v) is 9.43. The third-order valence-corrected chi connectivity index (χ3v) is 2.42. The Labute approximate surface area is 98.5 Å². The summed E-state index contributed by atoms with van der Waals surface area (Å²) in [6.45, 7) is 4.91. The number of carbonyl (C=O) groups is 2. The Balaban J connectivity index is 2.48. The highest BCUT2D eigenvalue weighted by atomic mass is 16.2. The molecule has 2 aromatic rings. The van der Waals surface area contributed by atoms with Gasteiger partial charge in [-0.1, -0.05) is 6.58 Å². The van der Waals surface area contributed by atoms with E-state index in [9.17, 15) is 9.59 Å². The number of nitrogens with one attached hydrogen (secondary N) is 1. The first-order valence-electron chi connectivity index (χ1n) is 5.17. The number of fused-ring (bicyclic) bond motifs is 1. The van der Waals surface area contributed by atoms with E-state index in [4.69, 9.17) is 0 Å². The lowest BCUT2D eigenvalue weighted by Crippen LogP contribution is -2.06. The molecule has 0 saturated heterocycles. The molecule has 2 rings (SSSR count). The standard InChI is InChI=1S/C13H12N2O2/c1-3-13(17)15-7-6-10-8-11(14-9(2)16)4-5-12(10)15/h3-8H,1H2,2H3,(H,14,16). The number of rotatable bonds is 2. The predicted molar refractivity (Wildman–Crippen MR) is 67.1 cm³/mol. The lowest BCUT2D eigenvalue weighted by molar-refractivity contribution is -0.114. The van der Waals surface area contributed by atoms with Crippen LogP contribution < -0.4 is 5.32 Å². The SMILES string of the molecule is C=CC(=O)n1ccc2cc(NC(C)=O)ccc21. The van der Waals surface area contributed by atoms with Crippen molar-refractivity contribution in [2.45, 2.75) is 6.92 Å². The third-order valence-electron chi connectivity index (χ3n) is 2.42. The minimum atomic E-state index is -0.174. The zero-order chi connectivity index (χ0) is 12.4.